The van der Waals surface area contributed by atoms with Crippen LogP contribution in [0.4, 0.5) is 11.4 Å². The standard InChI is InChI=1S/C18H16N2O7/c1-11(21)13-5-3-4-6-15(13)19-17(22)10-27-18(23)14-9-12(20(24)25)7-8-16(14)26-2/h3-9H,10H2,1-2H3,(H,19,22). The monoisotopic (exact) mass is 372 g/mol. The average Bonchev–Trinajstić information content (AvgIpc) is 2.65. The predicted molar refractivity (Wildman–Crippen MR) is 95.0 cm³/mol. The maximum Gasteiger partial charge on any atom is 0.342 e. The van der Waals surface area contributed by atoms with Crippen LogP contribution in [-0.4, -0.2) is 36.3 Å². The van der Waals surface area contributed by atoms with Crippen molar-refractivity contribution in [3.8, 4) is 5.75 Å². The van der Waals surface area contributed by atoms with Crippen LogP contribution in [0.15, 0.2) is 42.5 Å². The van der Waals surface area contributed by atoms with E-state index in [4.69, 9.17) is 9.47 Å². The van der Waals surface area contributed by atoms with Crippen LogP contribution in [0, 0.1) is 10.1 Å². The molecule has 0 spiro atoms. The number of nitrogens with zero attached hydrogens (tertiary/aromatic N) is 1. The number of anilines is 1. The molecule has 0 aliphatic rings. The van der Waals surface area contributed by atoms with Crippen molar-refractivity contribution in [3.05, 3.63) is 63.7 Å². The molecule has 0 radical (unpaired) electrons. The summed E-state index contributed by atoms with van der Waals surface area (Å²) in [6, 6.07) is 9.84. The molecule has 0 aromatic heterocycles. The summed E-state index contributed by atoms with van der Waals surface area (Å²) in [6.07, 6.45) is 0. The largest absolute Gasteiger partial charge is 0.496 e. The van der Waals surface area contributed by atoms with Gasteiger partial charge in [0.15, 0.2) is 12.4 Å². The molecule has 2 aromatic rings. The van der Waals surface area contributed by atoms with Gasteiger partial charge in [-0.3, -0.25) is 19.7 Å². The van der Waals surface area contributed by atoms with Crippen LogP contribution in [0.5, 0.6) is 5.75 Å². The van der Waals surface area contributed by atoms with Crippen molar-refractivity contribution in [1.29, 1.82) is 0 Å². The average molecular weight is 372 g/mol. The molecular weight excluding hydrogens is 356 g/mol. The van der Waals surface area contributed by atoms with E-state index in [1.807, 2.05) is 0 Å². The molecule has 0 unspecified atom stereocenters. The van der Waals surface area contributed by atoms with Crippen molar-refractivity contribution < 1.29 is 28.8 Å². The van der Waals surface area contributed by atoms with Gasteiger partial charge >= 0.3 is 5.97 Å². The number of hydrogen-bond acceptors (Lipinski definition) is 7. The molecule has 0 atom stereocenters. The SMILES string of the molecule is COc1ccc([N+](=O)[O-])cc1C(=O)OCC(=O)Nc1ccccc1C(C)=O. The minimum Gasteiger partial charge on any atom is -0.496 e. The number of hydrogen-bond donors (Lipinski definition) is 1. The van der Waals surface area contributed by atoms with Crippen molar-refractivity contribution in [3.63, 3.8) is 0 Å². The van der Waals surface area contributed by atoms with E-state index in [9.17, 15) is 24.5 Å². The molecule has 0 bridgehead atoms. The lowest BCUT2D eigenvalue weighted by Crippen LogP contribution is -2.22. The van der Waals surface area contributed by atoms with Crippen LogP contribution in [0.1, 0.15) is 27.6 Å². The lowest BCUT2D eigenvalue weighted by atomic mass is 10.1. The first kappa shape index (κ1) is 19.6. The molecule has 0 fully saturated rings. The van der Waals surface area contributed by atoms with E-state index in [-0.39, 0.29) is 22.8 Å². The molecule has 9 heteroatoms. The van der Waals surface area contributed by atoms with Gasteiger partial charge in [-0.2, -0.15) is 0 Å². The van der Waals surface area contributed by atoms with Crippen molar-refractivity contribution in [1.82, 2.24) is 0 Å². The number of carbonyl (C=O) groups is 3. The summed E-state index contributed by atoms with van der Waals surface area (Å²) in [6.45, 7) is 0.719. The third-order valence-corrected chi connectivity index (χ3v) is 3.53. The van der Waals surface area contributed by atoms with Crippen LogP contribution in [0.2, 0.25) is 0 Å². The smallest absolute Gasteiger partial charge is 0.342 e. The van der Waals surface area contributed by atoms with Gasteiger partial charge in [-0.15, -0.1) is 0 Å². The summed E-state index contributed by atoms with van der Waals surface area (Å²) >= 11 is 0. The first-order valence-electron chi connectivity index (χ1n) is 7.73. The molecule has 0 heterocycles. The minimum atomic E-state index is -0.953. The molecule has 0 saturated heterocycles. The van der Waals surface area contributed by atoms with Crippen LogP contribution in [0.3, 0.4) is 0 Å². The molecular formula is C18H16N2O7. The second-order valence-electron chi connectivity index (χ2n) is 5.37. The lowest BCUT2D eigenvalue weighted by molar-refractivity contribution is -0.384. The summed E-state index contributed by atoms with van der Waals surface area (Å²) in [4.78, 5) is 45.9. The third-order valence-electron chi connectivity index (χ3n) is 3.53. The number of carbonyl (C=O) groups excluding carboxylic acids is 3. The number of non-ortho nitro benzene ring substituents is 1. The molecule has 2 aromatic carbocycles. The quantitative estimate of drug-likeness (QED) is 0.343. The van der Waals surface area contributed by atoms with Gasteiger partial charge in [0.05, 0.1) is 17.7 Å². The maximum absolute atomic E-state index is 12.2. The maximum atomic E-state index is 12.2. The fourth-order valence-electron chi connectivity index (χ4n) is 2.26. The Bertz CT molecular complexity index is 908. The number of nitro benzene ring substituents is 1. The highest BCUT2D eigenvalue weighted by Gasteiger charge is 2.20. The van der Waals surface area contributed by atoms with Gasteiger partial charge in [0.1, 0.15) is 11.3 Å². The highest BCUT2D eigenvalue weighted by Crippen LogP contribution is 2.24. The Labute approximate surface area is 154 Å². The van der Waals surface area contributed by atoms with Gasteiger partial charge < -0.3 is 14.8 Å². The van der Waals surface area contributed by atoms with Gasteiger partial charge in [0.2, 0.25) is 0 Å². The highest BCUT2D eigenvalue weighted by atomic mass is 16.6. The van der Waals surface area contributed by atoms with Gasteiger partial charge in [-0.1, -0.05) is 12.1 Å². The number of ketones is 1. The van der Waals surface area contributed by atoms with Crippen LogP contribution < -0.4 is 10.1 Å². The number of Topliss-reactive ketones (excluding diaryl/α,β-unsaturated/α-hetero) is 1. The second-order valence-corrected chi connectivity index (χ2v) is 5.37. The van der Waals surface area contributed by atoms with Crippen LogP contribution in [-0.2, 0) is 9.53 Å². The van der Waals surface area contributed by atoms with Crippen molar-refractivity contribution in [2.24, 2.45) is 0 Å². The second kappa shape index (κ2) is 8.56. The fourth-order valence-corrected chi connectivity index (χ4v) is 2.26. The Morgan fingerprint density at radius 3 is 2.44 bits per heavy atom. The molecule has 0 aliphatic heterocycles. The normalized spacial score (nSPS) is 10.0. The number of ether oxygens (including phenoxy) is 2. The first-order valence-corrected chi connectivity index (χ1v) is 7.73. The van der Waals surface area contributed by atoms with E-state index in [0.717, 1.165) is 6.07 Å². The number of para-hydroxylation sites is 1. The summed E-state index contributed by atoms with van der Waals surface area (Å²) in [5, 5.41) is 13.3. The zero-order chi connectivity index (χ0) is 20.0. The Morgan fingerprint density at radius 2 is 1.81 bits per heavy atom. The fraction of sp³-hybridized carbons (Fsp3) is 0.167. The lowest BCUT2D eigenvalue weighted by Gasteiger charge is -2.10. The summed E-state index contributed by atoms with van der Waals surface area (Å²) in [5.74, 6) is -1.77. The number of nitrogens with one attached hydrogen (secondary N) is 1. The number of methoxy groups -OCH3 is 1. The number of nitro groups is 1. The van der Waals surface area contributed by atoms with Crippen molar-refractivity contribution in [2.75, 3.05) is 19.0 Å². The van der Waals surface area contributed by atoms with Crippen molar-refractivity contribution in [2.45, 2.75) is 6.92 Å². The Hall–Kier alpha value is -3.75. The Morgan fingerprint density at radius 1 is 1.11 bits per heavy atom. The van der Waals surface area contributed by atoms with Gasteiger partial charge in [-0.25, -0.2) is 4.79 Å². The first-order chi connectivity index (χ1) is 12.8. The van der Waals surface area contributed by atoms with E-state index in [1.165, 1.54) is 26.2 Å². The van der Waals surface area contributed by atoms with Gasteiger partial charge in [0.25, 0.3) is 11.6 Å². The van der Waals surface area contributed by atoms with E-state index >= 15 is 0 Å². The molecule has 1 amide bonds. The number of amides is 1. The van der Waals surface area contributed by atoms with Crippen LogP contribution in [0.25, 0.3) is 0 Å². The molecule has 1 N–H and O–H groups in total. The summed E-state index contributed by atoms with van der Waals surface area (Å²) in [7, 11) is 1.29. The van der Waals surface area contributed by atoms with E-state index < -0.39 is 23.4 Å². The zero-order valence-corrected chi connectivity index (χ0v) is 14.6. The molecule has 27 heavy (non-hydrogen) atoms. The van der Waals surface area contributed by atoms with Gasteiger partial charge in [-0.05, 0) is 25.1 Å². The van der Waals surface area contributed by atoms with E-state index in [0.29, 0.717) is 11.3 Å². The number of esters is 1. The third kappa shape index (κ3) is 4.88. The molecule has 9 nitrogen and oxygen atoms in total. The molecule has 0 aliphatic carbocycles. The molecule has 0 saturated carbocycles. The van der Waals surface area contributed by atoms with E-state index in [2.05, 4.69) is 5.32 Å². The molecule has 140 valence electrons. The number of rotatable bonds is 7. The summed E-state index contributed by atoms with van der Waals surface area (Å²) in [5.41, 5.74) is 0.114. The summed E-state index contributed by atoms with van der Waals surface area (Å²) < 4.78 is 9.89. The predicted octanol–water partition coefficient (Wildman–Crippen LogP) is 2.60. The van der Waals surface area contributed by atoms with Gasteiger partial charge in [0, 0.05) is 17.7 Å². The van der Waals surface area contributed by atoms with Crippen LogP contribution >= 0.6 is 0 Å². The van der Waals surface area contributed by atoms with E-state index in [1.54, 1.807) is 24.3 Å². The molecule has 2 rings (SSSR count). The zero-order valence-electron chi connectivity index (χ0n) is 14.6. The van der Waals surface area contributed by atoms with Crippen molar-refractivity contribution >= 4 is 29.0 Å². The minimum absolute atomic E-state index is 0.0768. The topological polar surface area (TPSA) is 125 Å². The Kier molecular flexibility index (Phi) is 6.21. The Balaban J connectivity index is 2.08. The number of benzene rings is 2. The highest BCUT2D eigenvalue weighted by molar-refractivity contribution is 6.04.